The summed E-state index contributed by atoms with van der Waals surface area (Å²) in [6.45, 7) is 4.90. The second kappa shape index (κ2) is 10.8. The smallest absolute Gasteiger partial charge is 0.195 e. The third-order valence-electron chi connectivity index (χ3n) is 3.75. The summed E-state index contributed by atoms with van der Waals surface area (Å²) in [6.07, 6.45) is 5.41. The van der Waals surface area contributed by atoms with Crippen molar-refractivity contribution in [3.8, 4) is 11.5 Å². The first kappa shape index (κ1) is 20.3. The van der Waals surface area contributed by atoms with Crippen LogP contribution in [0.2, 0.25) is 0 Å². The van der Waals surface area contributed by atoms with Crippen LogP contribution in [-0.2, 0) is 6.42 Å². The zero-order valence-corrected chi connectivity index (χ0v) is 17.2. The summed E-state index contributed by atoms with van der Waals surface area (Å²) in [4.78, 5) is 8.76. The first-order valence-electron chi connectivity index (χ1n) is 8.69. The van der Waals surface area contributed by atoms with E-state index in [4.69, 9.17) is 9.47 Å². The van der Waals surface area contributed by atoms with Crippen LogP contribution in [0.3, 0.4) is 0 Å². The van der Waals surface area contributed by atoms with E-state index in [-0.39, 0.29) is 24.0 Å². The van der Waals surface area contributed by atoms with Gasteiger partial charge in [-0.1, -0.05) is 6.07 Å². The number of aromatic nitrogens is 1. The molecule has 0 saturated carbocycles. The maximum Gasteiger partial charge on any atom is 0.195 e. The number of rotatable bonds is 5. The third-order valence-corrected chi connectivity index (χ3v) is 3.75. The number of benzene rings is 1. The molecule has 0 unspecified atom stereocenters. The molecule has 0 saturated heterocycles. The van der Waals surface area contributed by atoms with E-state index in [1.807, 2.05) is 37.4 Å². The van der Waals surface area contributed by atoms with E-state index >= 15 is 0 Å². The third kappa shape index (κ3) is 6.05. The van der Waals surface area contributed by atoms with Gasteiger partial charge in [0.15, 0.2) is 17.5 Å². The topological polar surface area (TPSA) is 67.8 Å². The molecule has 26 heavy (non-hydrogen) atoms. The van der Waals surface area contributed by atoms with Crippen LogP contribution in [0.25, 0.3) is 0 Å². The van der Waals surface area contributed by atoms with Crippen LogP contribution in [0.1, 0.15) is 18.9 Å². The minimum Gasteiger partial charge on any atom is -0.490 e. The lowest BCUT2D eigenvalue weighted by Crippen LogP contribution is -2.30. The number of guanidine groups is 1. The number of aliphatic imine (C=N–C) groups is 1. The highest BCUT2D eigenvalue weighted by atomic mass is 127. The molecule has 7 heteroatoms. The molecule has 2 aromatic rings. The van der Waals surface area contributed by atoms with Crippen molar-refractivity contribution in [2.75, 3.05) is 31.6 Å². The van der Waals surface area contributed by atoms with Crippen molar-refractivity contribution in [3.63, 3.8) is 0 Å². The molecule has 0 fully saturated rings. The summed E-state index contributed by atoms with van der Waals surface area (Å²) in [5.41, 5.74) is 2.10. The Kier molecular flexibility index (Phi) is 8.46. The summed E-state index contributed by atoms with van der Waals surface area (Å²) < 4.78 is 11.4. The minimum absolute atomic E-state index is 0. The van der Waals surface area contributed by atoms with Gasteiger partial charge in [-0.25, -0.2) is 0 Å². The van der Waals surface area contributed by atoms with Gasteiger partial charge in [0.25, 0.3) is 0 Å². The molecule has 0 radical (unpaired) electrons. The Bertz CT molecular complexity index is 710. The van der Waals surface area contributed by atoms with Crippen LogP contribution < -0.4 is 20.1 Å². The number of anilines is 1. The van der Waals surface area contributed by atoms with Crippen molar-refractivity contribution in [3.05, 3.63) is 48.3 Å². The highest BCUT2D eigenvalue weighted by Crippen LogP contribution is 2.32. The number of hydrogen-bond acceptors (Lipinski definition) is 4. The minimum atomic E-state index is 0. The number of nitrogens with zero attached hydrogens (tertiary/aromatic N) is 2. The number of pyridine rings is 1. The fourth-order valence-corrected chi connectivity index (χ4v) is 2.53. The monoisotopic (exact) mass is 468 g/mol. The van der Waals surface area contributed by atoms with Crippen LogP contribution in [0.4, 0.5) is 5.69 Å². The molecule has 140 valence electrons. The van der Waals surface area contributed by atoms with Crippen molar-refractivity contribution in [1.29, 1.82) is 0 Å². The average molecular weight is 468 g/mol. The van der Waals surface area contributed by atoms with Crippen LogP contribution in [0.5, 0.6) is 11.5 Å². The number of fused-ring (bicyclic) bond motifs is 1. The molecule has 0 spiro atoms. The largest absolute Gasteiger partial charge is 0.490 e. The van der Waals surface area contributed by atoms with Crippen LogP contribution >= 0.6 is 24.0 Å². The van der Waals surface area contributed by atoms with Gasteiger partial charge in [0.05, 0.1) is 13.2 Å². The van der Waals surface area contributed by atoms with Gasteiger partial charge in [0.1, 0.15) is 0 Å². The Morgan fingerprint density at radius 3 is 2.81 bits per heavy atom. The SMILES string of the molecule is CCNC(=NCCc1cccnc1)Nc1ccc2c(c1)OCCCO2.I. The normalized spacial score (nSPS) is 13.3. The molecule has 2 N–H and O–H groups in total. The lowest BCUT2D eigenvalue weighted by atomic mass is 10.2. The van der Waals surface area contributed by atoms with E-state index < -0.39 is 0 Å². The van der Waals surface area contributed by atoms with Crippen LogP contribution in [0, 0.1) is 0 Å². The number of halogens is 1. The first-order chi connectivity index (χ1) is 12.3. The Hall–Kier alpha value is -2.03. The molecule has 1 aliphatic rings. The lowest BCUT2D eigenvalue weighted by Gasteiger charge is -2.13. The van der Waals surface area contributed by atoms with E-state index in [0.29, 0.717) is 19.8 Å². The Labute approximate surface area is 171 Å². The summed E-state index contributed by atoms with van der Waals surface area (Å²) in [5, 5.41) is 6.59. The fourth-order valence-electron chi connectivity index (χ4n) is 2.53. The van der Waals surface area contributed by atoms with Gasteiger partial charge in [0, 0.05) is 43.7 Å². The second-order valence-electron chi connectivity index (χ2n) is 5.71. The molecule has 1 aliphatic heterocycles. The summed E-state index contributed by atoms with van der Waals surface area (Å²) in [7, 11) is 0. The molecule has 2 heterocycles. The highest BCUT2D eigenvalue weighted by Gasteiger charge is 2.11. The Morgan fingerprint density at radius 2 is 2.04 bits per heavy atom. The van der Waals surface area contributed by atoms with Crippen molar-refractivity contribution in [2.24, 2.45) is 4.99 Å². The highest BCUT2D eigenvalue weighted by molar-refractivity contribution is 14.0. The second-order valence-corrected chi connectivity index (χ2v) is 5.71. The molecule has 0 amide bonds. The van der Waals surface area contributed by atoms with Crippen molar-refractivity contribution < 1.29 is 9.47 Å². The molecule has 3 rings (SSSR count). The quantitative estimate of drug-likeness (QED) is 0.400. The van der Waals surface area contributed by atoms with Gasteiger partial charge in [0.2, 0.25) is 0 Å². The van der Waals surface area contributed by atoms with E-state index in [2.05, 4.69) is 26.7 Å². The number of hydrogen-bond donors (Lipinski definition) is 2. The molecular weight excluding hydrogens is 443 g/mol. The van der Waals surface area contributed by atoms with E-state index in [1.165, 1.54) is 5.56 Å². The van der Waals surface area contributed by atoms with Crippen molar-refractivity contribution in [2.45, 2.75) is 19.8 Å². The lowest BCUT2D eigenvalue weighted by molar-refractivity contribution is 0.297. The van der Waals surface area contributed by atoms with Crippen LogP contribution in [0.15, 0.2) is 47.7 Å². The average Bonchev–Trinajstić information content (AvgIpc) is 2.88. The first-order valence-corrected chi connectivity index (χ1v) is 8.69. The Morgan fingerprint density at radius 1 is 1.19 bits per heavy atom. The fraction of sp³-hybridized carbons (Fsp3) is 0.368. The predicted octanol–water partition coefficient (Wildman–Crippen LogP) is 3.48. The number of nitrogens with one attached hydrogen (secondary N) is 2. The maximum atomic E-state index is 5.74. The zero-order valence-electron chi connectivity index (χ0n) is 14.9. The van der Waals surface area contributed by atoms with Crippen molar-refractivity contribution in [1.82, 2.24) is 10.3 Å². The Balaban J connectivity index is 0.00000243. The summed E-state index contributed by atoms with van der Waals surface area (Å²) in [6, 6.07) is 9.87. The van der Waals surface area contributed by atoms with Gasteiger partial charge in [-0.05, 0) is 37.1 Å². The van der Waals surface area contributed by atoms with E-state index in [1.54, 1.807) is 6.20 Å². The van der Waals surface area contributed by atoms with Gasteiger partial charge >= 0.3 is 0 Å². The maximum absolute atomic E-state index is 5.74. The van der Waals surface area contributed by atoms with Gasteiger partial charge < -0.3 is 20.1 Å². The standard InChI is InChI=1S/C19H24N4O2.HI/c1-2-21-19(22-10-8-15-5-3-9-20-14-15)23-16-6-7-17-18(13-16)25-12-4-11-24-17;/h3,5-7,9,13-14H,2,4,8,10-12H2,1H3,(H2,21,22,23);1H. The molecule has 0 atom stereocenters. The molecule has 6 nitrogen and oxygen atoms in total. The number of ether oxygens (including phenoxy) is 2. The van der Waals surface area contributed by atoms with Gasteiger partial charge in [-0.2, -0.15) is 0 Å². The molecular formula is C19H25IN4O2. The van der Waals surface area contributed by atoms with Gasteiger partial charge in [-0.3, -0.25) is 9.98 Å². The molecule has 1 aromatic heterocycles. The zero-order chi connectivity index (χ0) is 17.3. The van der Waals surface area contributed by atoms with Crippen molar-refractivity contribution >= 4 is 35.6 Å². The van der Waals surface area contributed by atoms with Gasteiger partial charge in [-0.15, -0.1) is 24.0 Å². The molecule has 0 aliphatic carbocycles. The molecule has 1 aromatic carbocycles. The summed E-state index contributed by atoms with van der Waals surface area (Å²) in [5.74, 6) is 2.32. The van der Waals surface area contributed by atoms with Crippen LogP contribution in [-0.4, -0.2) is 37.2 Å². The molecule has 0 bridgehead atoms. The van der Waals surface area contributed by atoms with E-state index in [0.717, 1.165) is 42.5 Å². The predicted molar refractivity (Wildman–Crippen MR) is 115 cm³/mol. The summed E-state index contributed by atoms with van der Waals surface area (Å²) >= 11 is 0. The van der Waals surface area contributed by atoms with E-state index in [9.17, 15) is 0 Å².